The normalized spacial score (nSPS) is 14.2. The van der Waals surface area contributed by atoms with Crippen molar-refractivity contribution < 1.29 is 37.4 Å². The Hall–Kier alpha value is 0.0839. The van der Waals surface area contributed by atoms with E-state index in [0.29, 0.717) is 0 Å². The van der Waals surface area contributed by atoms with Crippen molar-refractivity contribution in [3.63, 3.8) is 0 Å². The maximum Gasteiger partial charge on any atom is 0.120 e. The first kappa shape index (κ1) is 19.1. The van der Waals surface area contributed by atoms with Crippen LogP contribution < -0.4 is 4.74 Å². The van der Waals surface area contributed by atoms with Crippen LogP contribution in [-0.2, 0) is 45.8 Å². The van der Waals surface area contributed by atoms with Crippen LogP contribution in [0, 0.1) is 12.8 Å². The third kappa shape index (κ3) is 4.27. The van der Waals surface area contributed by atoms with Crippen molar-refractivity contribution in [3.05, 3.63) is 42.1 Å². The first-order valence-corrected chi connectivity index (χ1v) is 6.24. The number of hydrogen-bond donors (Lipinski definition) is 0. The molecule has 0 saturated heterocycles. The number of nitrogens with zero attached hydrogens (tertiary/aromatic N) is 1. The van der Waals surface area contributed by atoms with Gasteiger partial charge in [0.2, 0.25) is 0 Å². The minimum atomic E-state index is -0.184. The molecule has 2 rings (SSSR count). The van der Waals surface area contributed by atoms with Crippen LogP contribution in [-0.4, -0.2) is 5.60 Å². The smallest absolute Gasteiger partial charge is 0.120 e. The quantitative estimate of drug-likeness (QED) is 0.717. The fourth-order valence-electron chi connectivity index (χ4n) is 1.71. The number of benzene rings is 1. The van der Waals surface area contributed by atoms with Crippen LogP contribution >= 0.6 is 0 Å². The van der Waals surface area contributed by atoms with Crippen LogP contribution in [0.25, 0.3) is 5.32 Å². The van der Waals surface area contributed by atoms with E-state index in [1.807, 2.05) is 0 Å². The van der Waals surface area contributed by atoms with Crippen LogP contribution in [0.2, 0.25) is 0 Å². The molecule has 0 spiro atoms. The molecule has 3 heteroatoms. The average molecular weight is 336 g/mol. The van der Waals surface area contributed by atoms with Gasteiger partial charge < -0.3 is 17.5 Å². The van der Waals surface area contributed by atoms with Crippen molar-refractivity contribution in [2.24, 2.45) is 5.41 Å². The van der Waals surface area contributed by atoms with Gasteiger partial charge in [0.15, 0.2) is 0 Å². The molecule has 1 aliphatic rings. The van der Waals surface area contributed by atoms with Crippen LogP contribution in [0.5, 0.6) is 5.75 Å². The topological polar surface area (TPSA) is 23.3 Å². The Labute approximate surface area is 143 Å². The van der Waals surface area contributed by atoms with Gasteiger partial charge in [-0.2, -0.15) is 0 Å². The maximum absolute atomic E-state index is 6.15. The minimum absolute atomic E-state index is 0. The summed E-state index contributed by atoms with van der Waals surface area (Å²) in [7, 11) is 0. The summed E-state index contributed by atoms with van der Waals surface area (Å²) in [6.45, 7) is 12.6. The molecule has 1 aromatic carbocycles. The SMILES string of the molecule is CC(C)(C)C(C)(C)Oc1ccc2c(c1)C[N-]C2.[CH3-].[Y]. The number of rotatable bonds is 2. The molecule has 0 aliphatic carbocycles. The van der Waals surface area contributed by atoms with E-state index in [-0.39, 0.29) is 51.2 Å². The molecule has 0 aromatic heterocycles. The largest absolute Gasteiger partial charge is 0.655 e. The Kier molecular flexibility index (Phi) is 6.72. The second-order valence-electron chi connectivity index (χ2n) is 6.33. The van der Waals surface area contributed by atoms with Crippen molar-refractivity contribution >= 4 is 0 Å². The van der Waals surface area contributed by atoms with Gasteiger partial charge in [-0.3, -0.25) is 0 Å². The van der Waals surface area contributed by atoms with Crippen molar-refractivity contribution in [3.8, 4) is 5.75 Å². The van der Waals surface area contributed by atoms with Crippen LogP contribution in [0.15, 0.2) is 18.2 Å². The zero-order valence-corrected chi connectivity index (χ0v) is 15.9. The van der Waals surface area contributed by atoms with Crippen LogP contribution in [0.3, 0.4) is 0 Å². The molecule has 1 aliphatic heterocycles. The summed E-state index contributed by atoms with van der Waals surface area (Å²) in [5, 5.41) is 4.38. The third-order valence-corrected chi connectivity index (χ3v) is 3.92. The van der Waals surface area contributed by atoms with E-state index in [0.717, 1.165) is 18.8 Å². The van der Waals surface area contributed by atoms with E-state index < -0.39 is 0 Å². The third-order valence-electron chi connectivity index (χ3n) is 3.92. The number of fused-ring (bicyclic) bond motifs is 1. The summed E-state index contributed by atoms with van der Waals surface area (Å²) in [5.41, 5.74) is 2.58. The van der Waals surface area contributed by atoms with Gasteiger partial charge in [-0.15, -0.1) is 13.1 Å². The fraction of sp³-hybridized carbons (Fsp3) is 0.562. The molecule has 0 bridgehead atoms. The number of ether oxygens (including phenoxy) is 1. The van der Waals surface area contributed by atoms with Crippen molar-refractivity contribution in [1.29, 1.82) is 0 Å². The van der Waals surface area contributed by atoms with Gasteiger partial charge in [-0.25, -0.2) is 0 Å². The van der Waals surface area contributed by atoms with Crippen LogP contribution in [0.4, 0.5) is 0 Å². The summed E-state index contributed by atoms with van der Waals surface area (Å²) in [6, 6.07) is 6.34. The molecule has 1 heterocycles. The first-order chi connectivity index (χ1) is 7.79. The van der Waals surface area contributed by atoms with E-state index in [9.17, 15) is 0 Å². The Balaban J connectivity index is 0.00000162. The van der Waals surface area contributed by atoms with Gasteiger partial charge in [0, 0.05) is 38.1 Å². The molecule has 0 atom stereocenters. The molecule has 1 radical (unpaired) electrons. The van der Waals surface area contributed by atoms with Gasteiger partial charge >= 0.3 is 0 Å². The van der Waals surface area contributed by atoms with Gasteiger partial charge in [0.25, 0.3) is 0 Å². The predicted octanol–water partition coefficient (Wildman–Crippen LogP) is 4.73. The maximum atomic E-state index is 6.15. The average Bonchev–Trinajstić information content (AvgIpc) is 2.62. The molecule has 105 valence electrons. The van der Waals surface area contributed by atoms with E-state index in [1.165, 1.54) is 11.1 Å². The van der Waals surface area contributed by atoms with Crippen molar-refractivity contribution in [2.75, 3.05) is 0 Å². The minimum Gasteiger partial charge on any atom is -0.655 e. The van der Waals surface area contributed by atoms with Crippen molar-refractivity contribution in [2.45, 2.75) is 53.3 Å². The molecule has 1 aromatic rings. The molecular weight excluding hydrogens is 311 g/mol. The predicted molar refractivity (Wildman–Crippen MR) is 77.8 cm³/mol. The monoisotopic (exact) mass is 336 g/mol. The molecule has 0 saturated carbocycles. The molecule has 0 amide bonds. The molecular formula is C16H25NOY-2. The summed E-state index contributed by atoms with van der Waals surface area (Å²) >= 11 is 0. The van der Waals surface area contributed by atoms with Gasteiger partial charge in [0.1, 0.15) is 11.4 Å². The summed E-state index contributed by atoms with van der Waals surface area (Å²) in [5.74, 6) is 0.959. The Bertz CT molecular complexity index is 421. The van der Waals surface area contributed by atoms with Crippen LogP contribution in [0.1, 0.15) is 45.7 Å². The summed E-state index contributed by atoms with van der Waals surface area (Å²) in [6.07, 6.45) is 0. The van der Waals surface area contributed by atoms with Gasteiger partial charge in [0.05, 0.1) is 0 Å². The van der Waals surface area contributed by atoms with Gasteiger partial charge in [-0.05, 0) is 26.0 Å². The molecule has 19 heavy (non-hydrogen) atoms. The Morgan fingerprint density at radius 3 is 2.16 bits per heavy atom. The first-order valence-electron chi connectivity index (χ1n) is 6.24. The van der Waals surface area contributed by atoms with Crippen molar-refractivity contribution in [1.82, 2.24) is 0 Å². The summed E-state index contributed by atoms with van der Waals surface area (Å²) in [4.78, 5) is 0. The second-order valence-corrected chi connectivity index (χ2v) is 6.33. The molecule has 0 N–H and O–H groups in total. The van der Waals surface area contributed by atoms with E-state index in [4.69, 9.17) is 4.74 Å². The van der Waals surface area contributed by atoms with E-state index in [1.54, 1.807) is 0 Å². The molecule has 0 unspecified atom stereocenters. The number of hydrogen-bond acceptors (Lipinski definition) is 1. The van der Waals surface area contributed by atoms with E-state index in [2.05, 4.69) is 58.1 Å². The fourth-order valence-corrected chi connectivity index (χ4v) is 1.71. The zero-order chi connectivity index (χ0) is 12.7. The molecule has 0 fully saturated rings. The van der Waals surface area contributed by atoms with E-state index >= 15 is 0 Å². The second kappa shape index (κ2) is 6.69. The van der Waals surface area contributed by atoms with Gasteiger partial charge in [-0.1, -0.05) is 38.0 Å². The molecule has 2 nitrogen and oxygen atoms in total. The zero-order valence-electron chi connectivity index (χ0n) is 13.1. The Morgan fingerprint density at radius 1 is 1.00 bits per heavy atom. The summed E-state index contributed by atoms with van der Waals surface area (Å²) < 4.78 is 6.15. The Morgan fingerprint density at radius 2 is 1.58 bits per heavy atom. The standard InChI is InChI=1S/C15H22NO.CH3.Y/c1-14(2,3)15(4,5)17-13-7-6-11-9-16-10-12(11)8-13;;/h6-8H,9-10H2,1-5H3;1H3;/q2*-1;.